The van der Waals surface area contributed by atoms with E-state index in [2.05, 4.69) is 31.5 Å². The first kappa shape index (κ1) is 8.97. The minimum absolute atomic E-state index is 0.777. The van der Waals surface area contributed by atoms with E-state index in [0.717, 1.165) is 35.7 Å². The second-order valence-corrected chi connectivity index (χ2v) is 4.21. The lowest BCUT2D eigenvalue weighted by atomic mass is 10.0. The molecule has 1 aromatic heterocycles. The molecule has 0 amide bonds. The molecule has 1 aliphatic rings. The van der Waals surface area contributed by atoms with Crippen molar-refractivity contribution in [2.45, 2.75) is 0 Å². The molecule has 2 rings (SSSR count). The molecule has 2 heterocycles. The van der Waals surface area contributed by atoms with Crippen molar-refractivity contribution >= 4 is 21.6 Å². The van der Waals surface area contributed by atoms with Crippen molar-refractivity contribution in [2.75, 3.05) is 25.0 Å². The van der Waals surface area contributed by atoms with Crippen molar-refractivity contribution in [2.24, 2.45) is 5.92 Å². The molecule has 0 bridgehead atoms. The molecule has 1 fully saturated rings. The summed E-state index contributed by atoms with van der Waals surface area (Å²) in [6.45, 7) is 3.30. The monoisotopic (exact) mass is 241 g/mol. The first-order chi connectivity index (χ1) is 6.34. The van der Waals surface area contributed by atoms with Crippen molar-refractivity contribution in [3.63, 3.8) is 0 Å². The molecule has 0 spiro atoms. The van der Waals surface area contributed by atoms with Crippen LogP contribution in [0.5, 0.6) is 0 Å². The van der Waals surface area contributed by atoms with Gasteiger partial charge in [0, 0.05) is 36.2 Å². The normalized spacial score (nSPS) is 16.7. The average Bonchev–Trinajstić information content (AvgIpc) is 2.01. The zero-order valence-electron chi connectivity index (χ0n) is 7.26. The Hall–Kier alpha value is -0.610. The number of anilines is 1. The van der Waals surface area contributed by atoms with Crippen molar-refractivity contribution in [1.82, 2.24) is 10.3 Å². The first-order valence-corrected chi connectivity index (χ1v) is 5.19. The predicted octanol–water partition coefficient (Wildman–Crippen LogP) is 1.48. The molecule has 1 aromatic rings. The Bertz CT molecular complexity index is 286. The number of rotatable bonds is 3. The van der Waals surface area contributed by atoms with Crippen LogP contribution in [-0.4, -0.2) is 24.6 Å². The van der Waals surface area contributed by atoms with Crippen LogP contribution in [0.2, 0.25) is 0 Å². The van der Waals surface area contributed by atoms with Gasteiger partial charge in [0.05, 0.1) is 11.9 Å². The van der Waals surface area contributed by atoms with Crippen LogP contribution in [0, 0.1) is 5.92 Å². The second kappa shape index (κ2) is 4.07. The van der Waals surface area contributed by atoms with Crippen LogP contribution in [-0.2, 0) is 0 Å². The number of halogens is 1. The van der Waals surface area contributed by atoms with E-state index < -0.39 is 0 Å². The molecule has 0 atom stereocenters. The molecule has 1 aliphatic heterocycles. The summed E-state index contributed by atoms with van der Waals surface area (Å²) in [6, 6.07) is 2.04. The smallest absolute Gasteiger partial charge is 0.0538 e. The van der Waals surface area contributed by atoms with Crippen LogP contribution >= 0.6 is 15.9 Å². The van der Waals surface area contributed by atoms with Crippen LogP contribution in [0.25, 0.3) is 0 Å². The molecule has 1 saturated heterocycles. The lowest BCUT2D eigenvalue weighted by Gasteiger charge is -2.27. The van der Waals surface area contributed by atoms with E-state index in [1.807, 2.05) is 12.3 Å². The van der Waals surface area contributed by atoms with Gasteiger partial charge in [0.15, 0.2) is 0 Å². The van der Waals surface area contributed by atoms with Gasteiger partial charge in [-0.1, -0.05) is 0 Å². The maximum Gasteiger partial charge on any atom is 0.0538 e. The summed E-state index contributed by atoms with van der Waals surface area (Å²) in [5.74, 6) is 0.777. The summed E-state index contributed by atoms with van der Waals surface area (Å²) in [5.41, 5.74) is 1.08. The summed E-state index contributed by atoms with van der Waals surface area (Å²) in [7, 11) is 0. The quantitative estimate of drug-likeness (QED) is 0.842. The summed E-state index contributed by atoms with van der Waals surface area (Å²) < 4.78 is 1.02. The largest absolute Gasteiger partial charge is 0.383 e. The van der Waals surface area contributed by atoms with Gasteiger partial charge < -0.3 is 10.6 Å². The van der Waals surface area contributed by atoms with E-state index in [0.29, 0.717) is 0 Å². The fourth-order valence-corrected chi connectivity index (χ4v) is 1.63. The number of nitrogens with one attached hydrogen (secondary N) is 2. The summed E-state index contributed by atoms with van der Waals surface area (Å²) >= 11 is 3.39. The van der Waals surface area contributed by atoms with Crippen molar-refractivity contribution in [3.8, 4) is 0 Å². The SMILES string of the molecule is Brc1cncc(NCC2CNC2)c1. The molecule has 0 radical (unpaired) electrons. The molecule has 0 unspecified atom stereocenters. The Morgan fingerprint density at radius 2 is 2.38 bits per heavy atom. The molecule has 3 nitrogen and oxygen atoms in total. The molecule has 13 heavy (non-hydrogen) atoms. The highest BCUT2D eigenvalue weighted by Crippen LogP contribution is 2.14. The molecule has 4 heteroatoms. The molecule has 0 aliphatic carbocycles. The molecule has 2 N–H and O–H groups in total. The second-order valence-electron chi connectivity index (χ2n) is 3.30. The summed E-state index contributed by atoms with van der Waals surface area (Å²) in [5, 5.41) is 6.60. The molecular weight excluding hydrogens is 230 g/mol. The van der Waals surface area contributed by atoms with E-state index in [1.165, 1.54) is 0 Å². The van der Waals surface area contributed by atoms with Gasteiger partial charge in [-0.05, 0) is 22.0 Å². The van der Waals surface area contributed by atoms with E-state index in [-0.39, 0.29) is 0 Å². The van der Waals surface area contributed by atoms with E-state index in [9.17, 15) is 0 Å². The molecule has 0 saturated carbocycles. The highest BCUT2D eigenvalue weighted by molar-refractivity contribution is 9.10. The minimum atomic E-state index is 0.777. The fraction of sp³-hybridized carbons (Fsp3) is 0.444. The van der Waals surface area contributed by atoms with Crippen molar-refractivity contribution < 1.29 is 0 Å². The van der Waals surface area contributed by atoms with Crippen LogP contribution < -0.4 is 10.6 Å². The number of aromatic nitrogens is 1. The van der Waals surface area contributed by atoms with Crippen LogP contribution in [0.3, 0.4) is 0 Å². The van der Waals surface area contributed by atoms with Crippen molar-refractivity contribution in [3.05, 3.63) is 22.9 Å². The third-order valence-corrected chi connectivity index (χ3v) is 2.60. The number of hydrogen-bond donors (Lipinski definition) is 2. The Kier molecular flexibility index (Phi) is 2.80. The zero-order chi connectivity index (χ0) is 9.10. The molecular formula is C9H12BrN3. The van der Waals surface area contributed by atoms with Gasteiger partial charge in [-0.25, -0.2) is 0 Å². The third-order valence-electron chi connectivity index (χ3n) is 2.17. The van der Waals surface area contributed by atoms with Crippen LogP contribution in [0.1, 0.15) is 0 Å². The Morgan fingerprint density at radius 1 is 1.54 bits per heavy atom. The van der Waals surface area contributed by atoms with Gasteiger partial charge in [-0.3, -0.25) is 4.98 Å². The highest BCUT2D eigenvalue weighted by atomic mass is 79.9. The van der Waals surface area contributed by atoms with Gasteiger partial charge in [0.2, 0.25) is 0 Å². The van der Waals surface area contributed by atoms with Gasteiger partial charge >= 0.3 is 0 Å². The average molecular weight is 242 g/mol. The van der Waals surface area contributed by atoms with E-state index >= 15 is 0 Å². The Labute approximate surface area is 86.1 Å². The van der Waals surface area contributed by atoms with Crippen molar-refractivity contribution in [1.29, 1.82) is 0 Å². The number of nitrogens with zero attached hydrogens (tertiary/aromatic N) is 1. The van der Waals surface area contributed by atoms with E-state index in [4.69, 9.17) is 0 Å². The van der Waals surface area contributed by atoms with Gasteiger partial charge in [0.25, 0.3) is 0 Å². The lowest BCUT2D eigenvalue weighted by molar-refractivity contribution is 0.365. The topological polar surface area (TPSA) is 37.0 Å². The zero-order valence-corrected chi connectivity index (χ0v) is 8.84. The maximum absolute atomic E-state index is 4.08. The van der Waals surface area contributed by atoms with Gasteiger partial charge in [-0.2, -0.15) is 0 Å². The summed E-state index contributed by atoms with van der Waals surface area (Å²) in [4.78, 5) is 4.08. The standard InChI is InChI=1S/C9H12BrN3/c10-8-1-9(6-12-5-8)13-4-7-2-11-3-7/h1,5-7,11,13H,2-4H2. The Morgan fingerprint density at radius 3 is 3.00 bits per heavy atom. The maximum atomic E-state index is 4.08. The van der Waals surface area contributed by atoms with Gasteiger partial charge in [-0.15, -0.1) is 0 Å². The predicted molar refractivity (Wildman–Crippen MR) is 56.8 cm³/mol. The lowest BCUT2D eigenvalue weighted by Crippen LogP contribution is -2.45. The number of pyridine rings is 1. The van der Waals surface area contributed by atoms with Crippen LogP contribution in [0.4, 0.5) is 5.69 Å². The minimum Gasteiger partial charge on any atom is -0.383 e. The fourth-order valence-electron chi connectivity index (χ4n) is 1.26. The van der Waals surface area contributed by atoms with Gasteiger partial charge in [0.1, 0.15) is 0 Å². The summed E-state index contributed by atoms with van der Waals surface area (Å²) in [6.07, 6.45) is 3.63. The molecule has 0 aromatic carbocycles. The van der Waals surface area contributed by atoms with Crippen LogP contribution in [0.15, 0.2) is 22.9 Å². The van der Waals surface area contributed by atoms with E-state index in [1.54, 1.807) is 6.20 Å². The first-order valence-electron chi connectivity index (χ1n) is 4.40. The Balaban J connectivity index is 1.86. The number of hydrogen-bond acceptors (Lipinski definition) is 3. The molecule has 70 valence electrons. The third kappa shape index (κ3) is 2.42. The highest BCUT2D eigenvalue weighted by Gasteiger charge is 2.15.